The molecule has 1 heterocycles. The molecule has 0 saturated heterocycles. The van der Waals surface area contributed by atoms with E-state index in [1.807, 2.05) is 18.5 Å². The highest BCUT2D eigenvalue weighted by Gasteiger charge is 2.35. The van der Waals surface area contributed by atoms with Crippen molar-refractivity contribution in [3.05, 3.63) is 78.1 Å². The minimum Gasteiger partial charge on any atom is -0.264 e. The van der Waals surface area contributed by atoms with Gasteiger partial charge in [-0.05, 0) is 45.5 Å². The van der Waals surface area contributed by atoms with Crippen LogP contribution in [0.15, 0.2) is 67.0 Å². The number of nitrogens with zero attached hydrogens (tertiary/aromatic N) is 1. The minimum atomic E-state index is 0.0597. The summed E-state index contributed by atoms with van der Waals surface area (Å²) in [4.78, 5) is 4.23. The molecule has 1 nitrogen and oxygen atoms in total. The van der Waals surface area contributed by atoms with Crippen molar-refractivity contribution in [2.24, 2.45) is 0 Å². The van der Waals surface area contributed by atoms with Gasteiger partial charge in [0.1, 0.15) is 0 Å². The summed E-state index contributed by atoms with van der Waals surface area (Å²) in [6.45, 7) is 4.62. The number of pyridine rings is 1. The van der Waals surface area contributed by atoms with Crippen molar-refractivity contribution in [2.45, 2.75) is 19.3 Å². The van der Waals surface area contributed by atoms with Crippen molar-refractivity contribution in [3.8, 4) is 22.3 Å². The number of benzene rings is 2. The van der Waals surface area contributed by atoms with E-state index in [1.54, 1.807) is 0 Å². The van der Waals surface area contributed by atoms with Crippen LogP contribution in [-0.2, 0) is 5.41 Å². The molecule has 3 aromatic rings. The summed E-state index contributed by atoms with van der Waals surface area (Å²) >= 11 is 0. The summed E-state index contributed by atoms with van der Waals surface area (Å²) in [7, 11) is 0. The molecule has 0 radical (unpaired) electrons. The van der Waals surface area contributed by atoms with Gasteiger partial charge in [0.25, 0.3) is 0 Å². The van der Waals surface area contributed by atoms with Crippen molar-refractivity contribution in [3.63, 3.8) is 0 Å². The molecule has 4 rings (SSSR count). The van der Waals surface area contributed by atoms with E-state index in [0.717, 1.165) is 0 Å². The fourth-order valence-electron chi connectivity index (χ4n) is 3.42. The van der Waals surface area contributed by atoms with Crippen LogP contribution in [0.4, 0.5) is 0 Å². The lowest BCUT2D eigenvalue weighted by atomic mass is 9.81. The standard InChI is InChI=1S/C20H17N/c1-20(2)18-8-4-3-7-16(18)17-10-9-14(12-19(17)20)15-6-5-11-21-13-15/h3-13H,1-2H3. The Morgan fingerprint density at radius 2 is 1.57 bits per heavy atom. The third-order valence-electron chi connectivity index (χ3n) is 4.58. The summed E-state index contributed by atoms with van der Waals surface area (Å²) in [5, 5.41) is 0. The molecule has 0 unspecified atom stereocenters. The van der Waals surface area contributed by atoms with Crippen molar-refractivity contribution >= 4 is 0 Å². The van der Waals surface area contributed by atoms with Gasteiger partial charge in [-0.1, -0.05) is 56.3 Å². The Hall–Kier alpha value is -2.41. The van der Waals surface area contributed by atoms with Crippen LogP contribution in [0.5, 0.6) is 0 Å². The Balaban J connectivity index is 1.94. The zero-order valence-corrected chi connectivity index (χ0v) is 12.3. The fourth-order valence-corrected chi connectivity index (χ4v) is 3.42. The van der Waals surface area contributed by atoms with E-state index < -0.39 is 0 Å². The first-order valence-corrected chi connectivity index (χ1v) is 7.33. The van der Waals surface area contributed by atoms with Crippen LogP contribution >= 0.6 is 0 Å². The van der Waals surface area contributed by atoms with Crippen LogP contribution < -0.4 is 0 Å². The van der Waals surface area contributed by atoms with E-state index in [1.165, 1.54) is 33.4 Å². The van der Waals surface area contributed by atoms with E-state index in [0.29, 0.717) is 0 Å². The van der Waals surface area contributed by atoms with Crippen LogP contribution in [0, 0.1) is 0 Å². The van der Waals surface area contributed by atoms with E-state index in [2.05, 4.69) is 67.4 Å². The maximum atomic E-state index is 4.23. The number of fused-ring (bicyclic) bond motifs is 3. The van der Waals surface area contributed by atoms with Gasteiger partial charge in [0.2, 0.25) is 0 Å². The molecule has 1 aliphatic rings. The Morgan fingerprint density at radius 3 is 2.38 bits per heavy atom. The Bertz CT molecular complexity index is 816. The summed E-state index contributed by atoms with van der Waals surface area (Å²) in [6.07, 6.45) is 3.74. The van der Waals surface area contributed by atoms with Crippen molar-refractivity contribution < 1.29 is 0 Å². The summed E-state index contributed by atoms with van der Waals surface area (Å²) in [6, 6.07) is 19.6. The highest BCUT2D eigenvalue weighted by molar-refractivity contribution is 5.83. The van der Waals surface area contributed by atoms with E-state index in [4.69, 9.17) is 0 Å². The zero-order chi connectivity index (χ0) is 14.4. The molecule has 0 atom stereocenters. The first-order chi connectivity index (χ1) is 10.2. The minimum absolute atomic E-state index is 0.0597. The van der Waals surface area contributed by atoms with Crippen LogP contribution in [0.1, 0.15) is 25.0 Å². The average molecular weight is 271 g/mol. The quantitative estimate of drug-likeness (QED) is 0.603. The Labute approximate surface area is 125 Å². The molecule has 0 spiro atoms. The van der Waals surface area contributed by atoms with Crippen molar-refractivity contribution in [2.75, 3.05) is 0 Å². The average Bonchev–Trinajstić information content (AvgIpc) is 2.77. The molecule has 0 amide bonds. The third-order valence-corrected chi connectivity index (χ3v) is 4.58. The third kappa shape index (κ3) is 1.74. The van der Waals surface area contributed by atoms with Gasteiger partial charge in [-0.25, -0.2) is 0 Å². The van der Waals surface area contributed by atoms with E-state index >= 15 is 0 Å². The molecule has 102 valence electrons. The van der Waals surface area contributed by atoms with Crippen LogP contribution in [0.2, 0.25) is 0 Å². The van der Waals surface area contributed by atoms with Gasteiger partial charge in [0.15, 0.2) is 0 Å². The lowest BCUT2D eigenvalue weighted by Gasteiger charge is -2.21. The van der Waals surface area contributed by atoms with Gasteiger partial charge in [-0.15, -0.1) is 0 Å². The molecule has 1 aliphatic carbocycles. The van der Waals surface area contributed by atoms with Crippen molar-refractivity contribution in [1.29, 1.82) is 0 Å². The SMILES string of the molecule is CC1(C)c2ccccc2-c2ccc(-c3cccnc3)cc21. The van der Waals surface area contributed by atoms with E-state index in [-0.39, 0.29) is 5.41 Å². The molecule has 0 N–H and O–H groups in total. The predicted molar refractivity (Wildman–Crippen MR) is 87.2 cm³/mol. The Morgan fingerprint density at radius 1 is 0.762 bits per heavy atom. The lowest BCUT2D eigenvalue weighted by Crippen LogP contribution is -2.14. The largest absolute Gasteiger partial charge is 0.264 e. The van der Waals surface area contributed by atoms with Gasteiger partial charge in [0.05, 0.1) is 0 Å². The topological polar surface area (TPSA) is 12.9 Å². The molecule has 1 heteroatoms. The van der Waals surface area contributed by atoms with Crippen LogP contribution in [-0.4, -0.2) is 4.98 Å². The molecular formula is C20H17N. The fraction of sp³-hybridized carbons (Fsp3) is 0.150. The first-order valence-electron chi connectivity index (χ1n) is 7.33. The van der Waals surface area contributed by atoms with Gasteiger partial charge >= 0.3 is 0 Å². The van der Waals surface area contributed by atoms with Gasteiger partial charge in [-0.3, -0.25) is 4.98 Å². The second-order valence-corrected chi connectivity index (χ2v) is 6.17. The highest BCUT2D eigenvalue weighted by atomic mass is 14.6. The number of hydrogen-bond donors (Lipinski definition) is 0. The number of hydrogen-bond acceptors (Lipinski definition) is 1. The summed E-state index contributed by atoms with van der Waals surface area (Å²) in [5.74, 6) is 0. The molecular weight excluding hydrogens is 254 g/mol. The number of rotatable bonds is 1. The molecule has 1 aromatic heterocycles. The van der Waals surface area contributed by atoms with Gasteiger partial charge in [0, 0.05) is 17.8 Å². The zero-order valence-electron chi connectivity index (χ0n) is 12.3. The molecule has 0 bridgehead atoms. The predicted octanol–water partition coefficient (Wildman–Crippen LogP) is 5.05. The monoisotopic (exact) mass is 271 g/mol. The van der Waals surface area contributed by atoms with Gasteiger partial charge < -0.3 is 0 Å². The molecule has 0 fully saturated rings. The maximum absolute atomic E-state index is 4.23. The van der Waals surface area contributed by atoms with Crippen molar-refractivity contribution in [1.82, 2.24) is 4.98 Å². The van der Waals surface area contributed by atoms with Crippen LogP contribution in [0.3, 0.4) is 0 Å². The molecule has 0 aliphatic heterocycles. The Kier molecular flexibility index (Phi) is 2.52. The van der Waals surface area contributed by atoms with Crippen LogP contribution in [0.25, 0.3) is 22.3 Å². The lowest BCUT2D eigenvalue weighted by molar-refractivity contribution is 0.660. The normalized spacial score (nSPS) is 14.6. The molecule has 2 aromatic carbocycles. The van der Waals surface area contributed by atoms with E-state index in [9.17, 15) is 0 Å². The van der Waals surface area contributed by atoms with Gasteiger partial charge in [-0.2, -0.15) is 0 Å². The summed E-state index contributed by atoms with van der Waals surface area (Å²) < 4.78 is 0. The number of aromatic nitrogens is 1. The second-order valence-electron chi connectivity index (χ2n) is 6.17. The second kappa shape index (κ2) is 4.29. The first kappa shape index (κ1) is 12.3. The summed E-state index contributed by atoms with van der Waals surface area (Å²) in [5.41, 5.74) is 8.03. The smallest absolute Gasteiger partial charge is 0.0346 e. The molecule has 21 heavy (non-hydrogen) atoms. The highest BCUT2D eigenvalue weighted by Crippen LogP contribution is 2.49. The maximum Gasteiger partial charge on any atom is 0.0346 e. The molecule has 0 saturated carbocycles.